The molecule has 0 bridgehead atoms. The van der Waals surface area contributed by atoms with E-state index in [2.05, 4.69) is 13.8 Å². The summed E-state index contributed by atoms with van der Waals surface area (Å²) in [4.78, 5) is 0. The van der Waals surface area contributed by atoms with E-state index in [1.165, 1.54) is 12.1 Å². The third kappa shape index (κ3) is 3.27. The molecule has 96 valence electrons. The number of ether oxygens (including phenoxy) is 1. The first-order chi connectivity index (χ1) is 8.07. The largest absolute Gasteiger partial charge is 0.377 e. The Labute approximate surface area is 103 Å². The average Bonchev–Trinajstić information content (AvgIpc) is 2.32. The van der Waals surface area contributed by atoms with Gasteiger partial charge in [0.2, 0.25) is 0 Å². The third-order valence-corrected chi connectivity index (χ3v) is 3.62. The molecule has 1 atom stereocenters. The predicted molar refractivity (Wildman–Crippen MR) is 68.4 cm³/mol. The molecule has 0 aliphatic rings. The van der Waals surface area contributed by atoms with Gasteiger partial charge < -0.3 is 10.5 Å². The van der Waals surface area contributed by atoms with Gasteiger partial charge in [0.25, 0.3) is 0 Å². The standard InChI is InChI=1S/C14H22FNO/c1-4-14(5-2,17-3)13(16)10-11-7-6-8-12(15)9-11/h6-9,13H,4-5,10,16H2,1-3H3. The molecule has 0 aromatic heterocycles. The Kier molecular flexibility index (Phi) is 5.09. The van der Waals surface area contributed by atoms with Gasteiger partial charge in [-0.15, -0.1) is 0 Å². The highest BCUT2D eigenvalue weighted by atomic mass is 19.1. The first-order valence-corrected chi connectivity index (χ1v) is 6.13. The topological polar surface area (TPSA) is 35.2 Å². The van der Waals surface area contributed by atoms with E-state index in [1.54, 1.807) is 13.2 Å². The van der Waals surface area contributed by atoms with Crippen LogP contribution in [0, 0.1) is 5.82 Å². The van der Waals surface area contributed by atoms with Crippen LogP contribution >= 0.6 is 0 Å². The fraction of sp³-hybridized carbons (Fsp3) is 0.571. The molecule has 0 saturated carbocycles. The third-order valence-electron chi connectivity index (χ3n) is 3.62. The maximum absolute atomic E-state index is 13.1. The van der Waals surface area contributed by atoms with E-state index in [0.717, 1.165) is 18.4 Å². The van der Waals surface area contributed by atoms with Crippen molar-refractivity contribution in [2.45, 2.75) is 44.8 Å². The van der Waals surface area contributed by atoms with Gasteiger partial charge in [-0.05, 0) is 37.0 Å². The van der Waals surface area contributed by atoms with Crippen LogP contribution in [0.4, 0.5) is 4.39 Å². The van der Waals surface area contributed by atoms with Crippen molar-refractivity contribution in [3.8, 4) is 0 Å². The molecular formula is C14H22FNO. The van der Waals surface area contributed by atoms with Gasteiger partial charge in [-0.25, -0.2) is 4.39 Å². The van der Waals surface area contributed by atoms with Gasteiger partial charge in [-0.3, -0.25) is 0 Å². The minimum absolute atomic E-state index is 0.121. The highest BCUT2D eigenvalue weighted by Crippen LogP contribution is 2.25. The zero-order valence-corrected chi connectivity index (χ0v) is 10.9. The van der Waals surface area contributed by atoms with E-state index in [9.17, 15) is 4.39 Å². The maximum Gasteiger partial charge on any atom is 0.123 e. The van der Waals surface area contributed by atoms with Gasteiger partial charge in [0.15, 0.2) is 0 Å². The summed E-state index contributed by atoms with van der Waals surface area (Å²) in [5.41, 5.74) is 6.82. The van der Waals surface area contributed by atoms with Crippen LogP contribution < -0.4 is 5.73 Å². The van der Waals surface area contributed by atoms with E-state index >= 15 is 0 Å². The highest BCUT2D eigenvalue weighted by Gasteiger charge is 2.33. The summed E-state index contributed by atoms with van der Waals surface area (Å²) in [6, 6.07) is 6.46. The normalized spacial score (nSPS) is 13.7. The first kappa shape index (κ1) is 14.1. The van der Waals surface area contributed by atoms with Crippen molar-refractivity contribution < 1.29 is 9.13 Å². The molecule has 2 N–H and O–H groups in total. The van der Waals surface area contributed by atoms with E-state index in [1.807, 2.05) is 6.07 Å². The lowest BCUT2D eigenvalue weighted by molar-refractivity contribution is -0.0374. The first-order valence-electron chi connectivity index (χ1n) is 6.13. The predicted octanol–water partition coefficient (Wildman–Crippen LogP) is 2.90. The molecule has 0 aliphatic carbocycles. The van der Waals surface area contributed by atoms with Crippen molar-refractivity contribution in [3.63, 3.8) is 0 Å². The van der Waals surface area contributed by atoms with Crippen LogP contribution in [0.2, 0.25) is 0 Å². The van der Waals surface area contributed by atoms with Crippen LogP contribution in [0.25, 0.3) is 0 Å². The lowest BCUT2D eigenvalue weighted by atomic mass is 9.85. The second-order valence-electron chi connectivity index (χ2n) is 4.42. The van der Waals surface area contributed by atoms with Gasteiger partial charge in [0.05, 0.1) is 5.60 Å². The van der Waals surface area contributed by atoms with E-state index in [-0.39, 0.29) is 17.5 Å². The average molecular weight is 239 g/mol. The lowest BCUT2D eigenvalue weighted by Gasteiger charge is -2.36. The number of benzene rings is 1. The number of halogens is 1. The molecule has 0 spiro atoms. The minimum atomic E-state index is -0.313. The highest BCUT2D eigenvalue weighted by molar-refractivity contribution is 5.18. The Morgan fingerprint density at radius 1 is 1.35 bits per heavy atom. The molecule has 0 amide bonds. The minimum Gasteiger partial charge on any atom is -0.377 e. The monoisotopic (exact) mass is 239 g/mol. The lowest BCUT2D eigenvalue weighted by Crippen LogP contribution is -2.50. The second-order valence-corrected chi connectivity index (χ2v) is 4.42. The molecule has 0 radical (unpaired) electrons. The molecule has 0 aliphatic heterocycles. The molecule has 0 fully saturated rings. The maximum atomic E-state index is 13.1. The zero-order chi connectivity index (χ0) is 12.9. The van der Waals surface area contributed by atoms with Gasteiger partial charge in [-0.1, -0.05) is 26.0 Å². The summed E-state index contributed by atoms with van der Waals surface area (Å²) in [6.45, 7) is 4.14. The number of hydrogen-bond donors (Lipinski definition) is 1. The smallest absolute Gasteiger partial charge is 0.123 e. The molecular weight excluding hydrogens is 217 g/mol. The quantitative estimate of drug-likeness (QED) is 0.828. The Hall–Kier alpha value is -0.930. The Morgan fingerprint density at radius 3 is 2.47 bits per heavy atom. The van der Waals surface area contributed by atoms with Crippen LogP contribution in [-0.2, 0) is 11.2 Å². The summed E-state index contributed by atoms with van der Waals surface area (Å²) >= 11 is 0. The van der Waals surface area contributed by atoms with Crippen LogP contribution in [0.15, 0.2) is 24.3 Å². The van der Waals surface area contributed by atoms with E-state index < -0.39 is 0 Å². The van der Waals surface area contributed by atoms with Crippen molar-refractivity contribution in [1.29, 1.82) is 0 Å². The SMILES string of the molecule is CCC(CC)(OC)C(N)Cc1cccc(F)c1. The van der Waals surface area contributed by atoms with Crippen LogP contribution in [0.1, 0.15) is 32.3 Å². The number of rotatable bonds is 6. The van der Waals surface area contributed by atoms with E-state index in [4.69, 9.17) is 10.5 Å². The molecule has 17 heavy (non-hydrogen) atoms. The molecule has 1 unspecified atom stereocenters. The van der Waals surface area contributed by atoms with Gasteiger partial charge in [0.1, 0.15) is 5.82 Å². The van der Waals surface area contributed by atoms with Crippen molar-refractivity contribution in [2.24, 2.45) is 5.73 Å². The van der Waals surface area contributed by atoms with Crippen molar-refractivity contribution in [1.82, 2.24) is 0 Å². The fourth-order valence-electron chi connectivity index (χ4n) is 2.32. The molecule has 0 saturated heterocycles. The molecule has 1 aromatic rings. The van der Waals surface area contributed by atoms with Crippen LogP contribution in [0.3, 0.4) is 0 Å². The summed E-state index contributed by atoms with van der Waals surface area (Å²) < 4.78 is 18.7. The Bertz CT molecular complexity index is 342. The number of hydrogen-bond acceptors (Lipinski definition) is 2. The second kappa shape index (κ2) is 6.12. The number of methoxy groups -OCH3 is 1. The summed E-state index contributed by atoms with van der Waals surface area (Å²) in [5, 5.41) is 0. The molecule has 2 nitrogen and oxygen atoms in total. The molecule has 3 heteroatoms. The summed E-state index contributed by atoms with van der Waals surface area (Å²) in [5.74, 6) is -0.217. The zero-order valence-electron chi connectivity index (χ0n) is 10.9. The van der Waals surface area contributed by atoms with Crippen LogP contribution in [-0.4, -0.2) is 18.8 Å². The van der Waals surface area contributed by atoms with Crippen molar-refractivity contribution in [2.75, 3.05) is 7.11 Å². The van der Waals surface area contributed by atoms with Crippen molar-refractivity contribution in [3.05, 3.63) is 35.6 Å². The van der Waals surface area contributed by atoms with Gasteiger partial charge in [-0.2, -0.15) is 0 Å². The Morgan fingerprint density at radius 2 is 2.00 bits per heavy atom. The van der Waals surface area contributed by atoms with E-state index in [0.29, 0.717) is 6.42 Å². The Balaban J connectivity index is 2.80. The fourth-order valence-corrected chi connectivity index (χ4v) is 2.32. The molecule has 0 heterocycles. The van der Waals surface area contributed by atoms with Crippen molar-refractivity contribution >= 4 is 0 Å². The van der Waals surface area contributed by atoms with Crippen LogP contribution in [0.5, 0.6) is 0 Å². The molecule has 1 rings (SSSR count). The number of nitrogens with two attached hydrogens (primary N) is 1. The molecule has 1 aromatic carbocycles. The van der Waals surface area contributed by atoms with Gasteiger partial charge >= 0.3 is 0 Å². The van der Waals surface area contributed by atoms with Gasteiger partial charge in [0, 0.05) is 13.2 Å². The summed E-state index contributed by atoms with van der Waals surface area (Å²) in [7, 11) is 1.69. The summed E-state index contributed by atoms with van der Waals surface area (Å²) in [6.07, 6.45) is 2.35.